The lowest BCUT2D eigenvalue weighted by atomic mass is 10.0. The highest BCUT2D eigenvalue weighted by Gasteiger charge is 2.12. The molecule has 0 saturated carbocycles. The van der Waals surface area contributed by atoms with Gasteiger partial charge >= 0.3 is 0 Å². The number of fused-ring (bicyclic) bond motifs is 1. The molecule has 0 fully saturated rings. The lowest BCUT2D eigenvalue weighted by Gasteiger charge is -2.13. The van der Waals surface area contributed by atoms with Crippen molar-refractivity contribution >= 4 is 44.3 Å². The van der Waals surface area contributed by atoms with Crippen molar-refractivity contribution in [3.63, 3.8) is 0 Å². The summed E-state index contributed by atoms with van der Waals surface area (Å²) in [6.07, 6.45) is 0. The summed E-state index contributed by atoms with van der Waals surface area (Å²) in [5, 5.41) is 1.69. The molecule has 17 heavy (non-hydrogen) atoms. The number of halogens is 2. The molecule has 0 radical (unpaired) electrons. The van der Waals surface area contributed by atoms with Crippen LogP contribution in [0.15, 0.2) is 22.7 Å². The Morgan fingerprint density at radius 2 is 2.12 bits per heavy atom. The summed E-state index contributed by atoms with van der Waals surface area (Å²) in [7, 11) is 0. The van der Waals surface area contributed by atoms with Gasteiger partial charge in [0, 0.05) is 5.39 Å². The summed E-state index contributed by atoms with van der Waals surface area (Å²) in [4.78, 5) is 4.51. The number of aromatic nitrogens is 1. The second-order valence-corrected chi connectivity index (χ2v) is 5.36. The van der Waals surface area contributed by atoms with Gasteiger partial charge in [-0.3, -0.25) is 0 Å². The standard InChI is InChI=1S/C12H13BrClN3/c1-6(2)8-5-7-3-4-9(14)10(13)11(7)16-12(8)17-15/h3-6H,15H2,1-2H3,(H,16,17). The van der Waals surface area contributed by atoms with Crippen molar-refractivity contribution in [1.82, 2.24) is 4.98 Å². The van der Waals surface area contributed by atoms with Crippen molar-refractivity contribution in [3.8, 4) is 0 Å². The minimum absolute atomic E-state index is 0.354. The number of anilines is 1. The lowest BCUT2D eigenvalue weighted by molar-refractivity contribution is 0.862. The van der Waals surface area contributed by atoms with Crippen LogP contribution in [0.4, 0.5) is 5.82 Å². The Balaban J connectivity index is 2.78. The van der Waals surface area contributed by atoms with Crippen LogP contribution in [0.5, 0.6) is 0 Å². The largest absolute Gasteiger partial charge is 0.308 e. The number of benzene rings is 1. The SMILES string of the molecule is CC(C)c1cc2ccc(Cl)c(Br)c2nc1NN. The molecule has 0 saturated heterocycles. The minimum Gasteiger partial charge on any atom is -0.308 e. The van der Waals surface area contributed by atoms with Gasteiger partial charge in [0.05, 0.1) is 15.0 Å². The summed E-state index contributed by atoms with van der Waals surface area (Å²) >= 11 is 9.49. The van der Waals surface area contributed by atoms with Gasteiger partial charge in [0.2, 0.25) is 0 Å². The van der Waals surface area contributed by atoms with Crippen molar-refractivity contribution in [2.45, 2.75) is 19.8 Å². The number of hydrazine groups is 1. The fourth-order valence-corrected chi connectivity index (χ4v) is 2.36. The van der Waals surface area contributed by atoms with Gasteiger partial charge in [-0.25, -0.2) is 10.8 Å². The van der Waals surface area contributed by atoms with Crippen LogP contribution in [0.25, 0.3) is 10.9 Å². The molecule has 90 valence electrons. The quantitative estimate of drug-likeness (QED) is 0.649. The van der Waals surface area contributed by atoms with E-state index in [-0.39, 0.29) is 0 Å². The maximum Gasteiger partial charge on any atom is 0.144 e. The molecule has 0 aliphatic carbocycles. The van der Waals surface area contributed by atoms with E-state index in [4.69, 9.17) is 17.4 Å². The number of hydrogen-bond donors (Lipinski definition) is 2. The van der Waals surface area contributed by atoms with Gasteiger partial charge in [0.25, 0.3) is 0 Å². The Bertz CT molecular complexity index is 569. The van der Waals surface area contributed by atoms with E-state index in [0.717, 1.165) is 20.9 Å². The zero-order valence-corrected chi connectivity index (χ0v) is 11.9. The molecule has 0 amide bonds. The number of rotatable bonds is 2. The van der Waals surface area contributed by atoms with Crippen molar-refractivity contribution in [2.24, 2.45) is 5.84 Å². The van der Waals surface area contributed by atoms with E-state index in [1.54, 1.807) is 0 Å². The maximum absolute atomic E-state index is 6.05. The molecule has 0 unspecified atom stereocenters. The van der Waals surface area contributed by atoms with Gasteiger partial charge in [0.1, 0.15) is 5.82 Å². The smallest absolute Gasteiger partial charge is 0.144 e. The van der Waals surface area contributed by atoms with E-state index < -0.39 is 0 Å². The van der Waals surface area contributed by atoms with Crippen molar-refractivity contribution in [2.75, 3.05) is 5.43 Å². The third kappa shape index (κ3) is 2.25. The molecule has 2 rings (SSSR count). The van der Waals surface area contributed by atoms with Crippen molar-refractivity contribution < 1.29 is 0 Å². The molecular weight excluding hydrogens is 302 g/mol. The number of nitrogens with two attached hydrogens (primary N) is 1. The van der Waals surface area contributed by atoms with Crippen LogP contribution in [0, 0.1) is 0 Å². The Hall–Kier alpha value is -0.840. The van der Waals surface area contributed by atoms with Crippen molar-refractivity contribution in [3.05, 3.63) is 33.3 Å². The van der Waals surface area contributed by atoms with Crippen LogP contribution < -0.4 is 11.3 Å². The van der Waals surface area contributed by atoms with Gasteiger partial charge in [0.15, 0.2) is 0 Å². The first-order valence-corrected chi connectivity index (χ1v) is 6.47. The van der Waals surface area contributed by atoms with Crippen molar-refractivity contribution in [1.29, 1.82) is 0 Å². The highest BCUT2D eigenvalue weighted by atomic mass is 79.9. The molecule has 2 aromatic rings. The zero-order valence-electron chi connectivity index (χ0n) is 9.59. The van der Waals surface area contributed by atoms with Crippen LogP contribution >= 0.6 is 27.5 Å². The predicted molar refractivity (Wildman–Crippen MR) is 76.4 cm³/mol. The molecule has 1 aromatic carbocycles. The molecule has 1 aromatic heterocycles. The maximum atomic E-state index is 6.05. The third-order valence-electron chi connectivity index (χ3n) is 2.67. The summed E-state index contributed by atoms with van der Waals surface area (Å²) in [5.41, 5.74) is 4.55. The Kier molecular flexibility index (Phi) is 3.56. The third-order valence-corrected chi connectivity index (χ3v) is 4.01. The highest BCUT2D eigenvalue weighted by molar-refractivity contribution is 9.10. The molecule has 0 aliphatic rings. The Morgan fingerprint density at radius 3 is 2.71 bits per heavy atom. The summed E-state index contributed by atoms with van der Waals surface area (Å²) in [5.74, 6) is 6.55. The average Bonchev–Trinajstić information content (AvgIpc) is 2.32. The fourth-order valence-electron chi connectivity index (χ4n) is 1.75. The molecule has 3 nitrogen and oxygen atoms in total. The van der Waals surface area contributed by atoms with Crippen LogP contribution in [0.2, 0.25) is 5.02 Å². The number of nitrogen functional groups attached to an aromatic ring is 1. The first-order chi connectivity index (χ1) is 8.04. The number of pyridine rings is 1. The van der Waals surface area contributed by atoms with E-state index in [0.29, 0.717) is 16.8 Å². The normalized spacial score (nSPS) is 11.2. The predicted octanol–water partition coefficient (Wildman–Crippen LogP) is 4.06. The zero-order chi connectivity index (χ0) is 12.6. The summed E-state index contributed by atoms with van der Waals surface area (Å²) in [6, 6.07) is 5.90. The Labute approximate surface area is 113 Å². The van der Waals surface area contributed by atoms with E-state index in [1.807, 2.05) is 12.1 Å². The van der Waals surface area contributed by atoms with Gasteiger partial charge in [-0.05, 0) is 39.5 Å². The first kappa shape index (κ1) is 12.6. The van der Waals surface area contributed by atoms with Gasteiger partial charge in [-0.1, -0.05) is 31.5 Å². The van der Waals surface area contributed by atoms with Crippen LogP contribution in [0.3, 0.4) is 0 Å². The molecule has 1 heterocycles. The Morgan fingerprint density at radius 1 is 1.41 bits per heavy atom. The molecular formula is C12H13BrClN3. The monoisotopic (exact) mass is 313 g/mol. The second kappa shape index (κ2) is 4.80. The summed E-state index contributed by atoms with van der Waals surface area (Å²) in [6.45, 7) is 4.21. The number of nitrogens with zero attached hydrogens (tertiary/aromatic N) is 1. The van der Waals surface area contributed by atoms with Gasteiger partial charge in [-0.15, -0.1) is 0 Å². The highest BCUT2D eigenvalue weighted by Crippen LogP contribution is 2.33. The molecule has 0 atom stereocenters. The van der Waals surface area contributed by atoms with E-state index in [9.17, 15) is 0 Å². The average molecular weight is 315 g/mol. The van der Waals surface area contributed by atoms with Gasteiger partial charge < -0.3 is 5.43 Å². The molecule has 0 bridgehead atoms. The summed E-state index contributed by atoms with van der Waals surface area (Å²) < 4.78 is 0.795. The van der Waals surface area contributed by atoms with Crippen LogP contribution in [-0.2, 0) is 0 Å². The lowest BCUT2D eigenvalue weighted by Crippen LogP contribution is -2.12. The first-order valence-electron chi connectivity index (χ1n) is 5.30. The van der Waals surface area contributed by atoms with E-state index in [1.165, 1.54) is 0 Å². The molecule has 3 N–H and O–H groups in total. The molecule has 0 spiro atoms. The fraction of sp³-hybridized carbons (Fsp3) is 0.250. The topological polar surface area (TPSA) is 50.9 Å². The van der Waals surface area contributed by atoms with E-state index >= 15 is 0 Å². The minimum atomic E-state index is 0.354. The number of hydrogen-bond acceptors (Lipinski definition) is 3. The second-order valence-electron chi connectivity index (χ2n) is 4.16. The van der Waals surface area contributed by atoms with Gasteiger partial charge in [-0.2, -0.15) is 0 Å². The molecule has 0 aliphatic heterocycles. The van der Waals surface area contributed by atoms with Crippen LogP contribution in [-0.4, -0.2) is 4.98 Å². The van der Waals surface area contributed by atoms with Crippen LogP contribution in [0.1, 0.15) is 25.3 Å². The number of nitrogens with one attached hydrogen (secondary N) is 1. The molecule has 5 heteroatoms. The van der Waals surface area contributed by atoms with E-state index in [2.05, 4.69) is 46.3 Å².